The van der Waals surface area contributed by atoms with Crippen molar-refractivity contribution in [2.45, 2.75) is 12.6 Å². The molecule has 32 heavy (non-hydrogen) atoms. The first kappa shape index (κ1) is 21.2. The molecule has 0 saturated heterocycles. The number of rotatable bonds is 6. The Kier molecular flexibility index (Phi) is 5.95. The second kappa shape index (κ2) is 8.98. The molecule has 10 heteroatoms. The van der Waals surface area contributed by atoms with E-state index in [2.05, 4.69) is 10.3 Å². The summed E-state index contributed by atoms with van der Waals surface area (Å²) in [4.78, 5) is 27.7. The molecule has 0 aliphatic carbocycles. The number of amides is 1. The molecule has 1 aromatic heterocycles. The van der Waals surface area contributed by atoms with Gasteiger partial charge in [-0.15, -0.1) is 0 Å². The van der Waals surface area contributed by atoms with Crippen molar-refractivity contribution < 1.29 is 23.6 Å². The molecule has 3 aromatic rings. The minimum Gasteiger partial charge on any atom is -0.467 e. The molecule has 1 atom stereocenters. The molecule has 0 radical (unpaired) electrons. The summed E-state index contributed by atoms with van der Waals surface area (Å²) < 4.78 is 26.8. The molecule has 9 nitrogen and oxygen atoms in total. The van der Waals surface area contributed by atoms with E-state index in [4.69, 9.17) is 9.47 Å². The number of nitro benzene ring substituents is 1. The Hall–Kier alpha value is -4.05. The van der Waals surface area contributed by atoms with Crippen LogP contribution in [0, 0.1) is 15.9 Å². The number of fused-ring (bicyclic) bond motifs is 1. The Morgan fingerprint density at radius 1 is 1.38 bits per heavy atom. The number of benzene rings is 2. The van der Waals surface area contributed by atoms with Crippen LogP contribution in [0.15, 0.2) is 54.9 Å². The minimum atomic E-state index is -0.836. The summed E-state index contributed by atoms with van der Waals surface area (Å²) >= 11 is 0. The van der Waals surface area contributed by atoms with Gasteiger partial charge in [-0.25, -0.2) is 9.37 Å². The molecule has 0 saturated carbocycles. The van der Waals surface area contributed by atoms with Crippen molar-refractivity contribution in [1.82, 2.24) is 14.9 Å². The minimum absolute atomic E-state index is 0.00631. The predicted octanol–water partition coefficient (Wildman–Crippen LogP) is 3.25. The molecule has 1 aliphatic rings. The predicted molar refractivity (Wildman–Crippen MR) is 112 cm³/mol. The number of hydrogen-bond acceptors (Lipinski definition) is 6. The lowest BCUT2D eigenvalue weighted by Crippen LogP contribution is -2.30. The van der Waals surface area contributed by atoms with Crippen molar-refractivity contribution in [3.63, 3.8) is 0 Å². The molecule has 0 bridgehead atoms. The lowest BCUT2D eigenvalue weighted by Gasteiger charge is -2.20. The number of nitrogens with one attached hydrogen (secondary N) is 1. The van der Waals surface area contributed by atoms with Gasteiger partial charge in [0.25, 0.3) is 5.69 Å². The van der Waals surface area contributed by atoms with Crippen molar-refractivity contribution in [2.24, 2.45) is 7.05 Å². The van der Waals surface area contributed by atoms with Crippen LogP contribution in [0.5, 0.6) is 5.75 Å². The highest BCUT2D eigenvalue weighted by Gasteiger charge is 2.23. The lowest BCUT2D eigenvalue weighted by atomic mass is 10.0. The van der Waals surface area contributed by atoms with E-state index in [1.807, 2.05) is 0 Å². The van der Waals surface area contributed by atoms with Gasteiger partial charge < -0.3 is 19.4 Å². The Balaban J connectivity index is 1.63. The Morgan fingerprint density at radius 2 is 2.19 bits per heavy atom. The Bertz CT molecular complexity index is 1210. The fraction of sp³-hybridized carbons (Fsp3) is 0.182. The summed E-state index contributed by atoms with van der Waals surface area (Å²) in [7, 11) is 1.74. The Labute approximate surface area is 182 Å². The summed E-state index contributed by atoms with van der Waals surface area (Å²) in [6.45, 7) is 0.172. The fourth-order valence-electron chi connectivity index (χ4n) is 3.46. The SMILES string of the molecule is Cn1ccnc1C(NC(=O)/C=C/c1cc([N+](=O)[O-])cc2c1OCOC2)c1ccccc1F. The number of aromatic nitrogens is 2. The summed E-state index contributed by atoms with van der Waals surface area (Å²) in [5.41, 5.74) is 1.00. The molecule has 0 fully saturated rings. The van der Waals surface area contributed by atoms with Crippen molar-refractivity contribution in [3.8, 4) is 5.75 Å². The van der Waals surface area contributed by atoms with Crippen molar-refractivity contribution >= 4 is 17.7 Å². The summed E-state index contributed by atoms with van der Waals surface area (Å²) in [6, 6.07) is 7.97. The molecule has 1 N–H and O–H groups in total. The van der Waals surface area contributed by atoms with Crippen LogP contribution in [-0.4, -0.2) is 27.2 Å². The zero-order chi connectivity index (χ0) is 22.7. The van der Waals surface area contributed by atoms with Crippen LogP contribution in [0.1, 0.15) is 28.6 Å². The largest absolute Gasteiger partial charge is 0.467 e. The number of halogens is 1. The molecule has 2 aromatic carbocycles. The first-order valence-corrected chi connectivity index (χ1v) is 9.66. The number of imidazole rings is 1. The van der Waals surface area contributed by atoms with Gasteiger partial charge >= 0.3 is 0 Å². The molecule has 4 rings (SSSR count). The molecule has 1 aliphatic heterocycles. The first-order valence-electron chi connectivity index (χ1n) is 9.66. The molecular weight excluding hydrogens is 419 g/mol. The summed E-state index contributed by atoms with van der Waals surface area (Å²) in [5, 5.41) is 14.0. The zero-order valence-corrected chi connectivity index (χ0v) is 17.0. The molecular formula is C22H19FN4O5. The third-order valence-electron chi connectivity index (χ3n) is 4.97. The number of nitrogens with zero attached hydrogens (tertiary/aromatic N) is 3. The van der Waals surface area contributed by atoms with E-state index in [1.54, 1.807) is 42.2 Å². The number of non-ortho nitro benzene ring substituents is 1. The van der Waals surface area contributed by atoms with Gasteiger partial charge in [0.1, 0.15) is 23.4 Å². The number of hydrogen-bond donors (Lipinski definition) is 1. The fourth-order valence-corrected chi connectivity index (χ4v) is 3.46. The van der Waals surface area contributed by atoms with Crippen LogP contribution in [0.2, 0.25) is 0 Å². The number of nitro groups is 1. The third-order valence-corrected chi connectivity index (χ3v) is 4.97. The maximum Gasteiger partial charge on any atom is 0.270 e. The third kappa shape index (κ3) is 4.35. The first-order chi connectivity index (χ1) is 15.4. The van der Waals surface area contributed by atoms with E-state index in [-0.39, 0.29) is 24.7 Å². The van der Waals surface area contributed by atoms with Crippen molar-refractivity contribution in [1.29, 1.82) is 0 Å². The van der Waals surface area contributed by atoms with Gasteiger partial charge in [-0.1, -0.05) is 18.2 Å². The van der Waals surface area contributed by atoms with Crippen molar-refractivity contribution in [3.05, 3.63) is 93.3 Å². The highest BCUT2D eigenvalue weighted by molar-refractivity contribution is 5.92. The van der Waals surface area contributed by atoms with Crippen LogP contribution >= 0.6 is 0 Å². The average molecular weight is 438 g/mol. The van der Waals surface area contributed by atoms with Crippen LogP contribution < -0.4 is 10.1 Å². The van der Waals surface area contributed by atoms with Crippen LogP contribution in [0.4, 0.5) is 10.1 Å². The lowest BCUT2D eigenvalue weighted by molar-refractivity contribution is -0.385. The van der Waals surface area contributed by atoms with Gasteiger partial charge in [-0.2, -0.15) is 0 Å². The standard InChI is InChI=1S/C22H19FN4O5/c1-26-9-8-24-22(26)20(17-4-2-3-5-18(17)23)25-19(28)7-6-14-10-16(27(29)30)11-15-12-31-13-32-21(14)15/h2-11,20H,12-13H2,1H3,(H,25,28)/b7-6+. The molecule has 1 amide bonds. The zero-order valence-electron chi connectivity index (χ0n) is 17.0. The van der Waals surface area contributed by atoms with E-state index in [1.165, 1.54) is 30.4 Å². The van der Waals surface area contributed by atoms with E-state index in [0.717, 1.165) is 0 Å². The van der Waals surface area contributed by atoms with Crippen LogP contribution in [0.3, 0.4) is 0 Å². The van der Waals surface area contributed by atoms with E-state index in [0.29, 0.717) is 22.7 Å². The molecule has 1 unspecified atom stereocenters. The quantitative estimate of drug-likeness (QED) is 0.360. The topological polar surface area (TPSA) is 109 Å². The second-order valence-corrected chi connectivity index (χ2v) is 7.08. The Morgan fingerprint density at radius 3 is 2.91 bits per heavy atom. The number of aryl methyl sites for hydroxylation is 1. The molecule has 0 spiro atoms. The molecule has 2 heterocycles. The van der Waals surface area contributed by atoms with E-state index in [9.17, 15) is 19.3 Å². The maximum atomic E-state index is 14.5. The number of ether oxygens (including phenoxy) is 2. The van der Waals surface area contributed by atoms with Gasteiger partial charge in [0.15, 0.2) is 6.79 Å². The maximum absolute atomic E-state index is 14.5. The molecule has 164 valence electrons. The van der Waals surface area contributed by atoms with Crippen molar-refractivity contribution in [2.75, 3.05) is 6.79 Å². The highest BCUT2D eigenvalue weighted by atomic mass is 19.1. The normalized spacial score (nSPS) is 13.9. The van der Waals surface area contributed by atoms with Gasteiger partial charge in [0.2, 0.25) is 5.91 Å². The van der Waals surface area contributed by atoms with Crippen LogP contribution in [-0.2, 0) is 23.2 Å². The number of carbonyl (C=O) groups is 1. The average Bonchev–Trinajstić information content (AvgIpc) is 3.21. The second-order valence-electron chi connectivity index (χ2n) is 7.08. The van der Waals surface area contributed by atoms with Gasteiger partial charge in [0.05, 0.1) is 11.5 Å². The highest BCUT2D eigenvalue weighted by Crippen LogP contribution is 2.33. The van der Waals surface area contributed by atoms with E-state index < -0.39 is 22.7 Å². The van der Waals surface area contributed by atoms with Crippen LogP contribution in [0.25, 0.3) is 6.08 Å². The smallest absolute Gasteiger partial charge is 0.270 e. The monoisotopic (exact) mass is 438 g/mol. The van der Waals surface area contributed by atoms with Gasteiger partial charge in [-0.3, -0.25) is 14.9 Å². The number of carbonyl (C=O) groups excluding carboxylic acids is 1. The summed E-state index contributed by atoms with van der Waals surface area (Å²) in [6.07, 6.45) is 5.89. The van der Waals surface area contributed by atoms with Gasteiger partial charge in [0, 0.05) is 54.3 Å². The van der Waals surface area contributed by atoms with Gasteiger partial charge in [-0.05, 0) is 12.1 Å². The summed E-state index contributed by atoms with van der Waals surface area (Å²) in [5.74, 6) is -0.148. The van der Waals surface area contributed by atoms with E-state index >= 15 is 0 Å².